The quantitative estimate of drug-likeness (QED) is 0.569. The summed E-state index contributed by atoms with van der Waals surface area (Å²) in [5, 5.41) is 20.9. The molecular formula is C14H23N3OS. The van der Waals surface area contributed by atoms with Gasteiger partial charge in [0.05, 0.1) is 6.54 Å². The summed E-state index contributed by atoms with van der Waals surface area (Å²) in [6.07, 6.45) is 1.30. The highest BCUT2D eigenvalue weighted by molar-refractivity contribution is 7.08. The Kier molecular flexibility index (Phi) is 4.47. The molecule has 0 aliphatic heterocycles. The van der Waals surface area contributed by atoms with Crippen molar-refractivity contribution >= 4 is 17.3 Å². The van der Waals surface area contributed by atoms with E-state index in [4.69, 9.17) is 0 Å². The zero-order chi connectivity index (χ0) is 13.9. The molecule has 0 spiro atoms. The van der Waals surface area contributed by atoms with Crippen molar-refractivity contribution in [2.75, 3.05) is 20.1 Å². The summed E-state index contributed by atoms with van der Waals surface area (Å²) in [7, 11) is 1.75. The number of aliphatic hydroxyl groups is 1. The van der Waals surface area contributed by atoms with Crippen molar-refractivity contribution in [3.05, 3.63) is 22.4 Å². The molecule has 1 aromatic heterocycles. The number of rotatable bonds is 5. The minimum absolute atomic E-state index is 0.448. The normalized spacial score (nSPS) is 25.8. The summed E-state index contributed by atoms with van der Waals surface area (Å²) < 4.78 is 0. The van der Waals surface area contributed by atoms with Crippen LogP contribution in [0.5, 0.6) is 0 Å². The molecule has 0 amide bonds. The average molecular weight is 281 g/mol. The fourth-order valence-corrected chi connectivity index (χ4v) is 2.84. The van der Waals surface area contributed by atoms with E-state index in [0.29, 0.717) is 6.54 Å². The topological polar surface area (TPSA) is 56.7 Å². The van der Waals surface area contributed by atoms with Crippen molar-refractivity contribution in [3.63, 3.8) is 0 Å². The maximum atomic E-state index is 10.4. The molecule has 106 valence electrons. The third-order valence-corrected chi connectivity index (χ3v) is 4.46. The van der Waals surface area contributed by atoms with Gasteiger partial charge in [-0.2, -0.15) is 11.3 Å². The van der Waals surface area contributed by atoms with Gasteiger partial charge in [-0.15, -0.1) is 0 Å². The van der Waals surface area contributed by atoms with Crippen LogP contribution in [-0.4, -0.2) is 31.2 Å². The number of hydrogen-bond acceptors (Lipinski definition) is 3. The zero-order valence-electron chi connectivity index (χ0n) is 11.8. The number of nitrogens with zero attached hydrogens (tertiary/aromatic N) is 1. The lowest BCUT2D eigenvalue weighted by atomic mass is 9.99. The standard InChI is InChI=1S/C14H23N3OS/c1-10-6-11(10)7-16-13(15-3)17-9-14(2,18)12-4-5-19-8-12/h4-5,8,10-11,18H,6-7,9H2,1-3H3,(H2,15,16,17). The van der Waals surface area contributed by atoms with Crippen LogP contribution in [0.15, 0.2) is 21.8 Å². The maximum Gasteiger partial charge on any atom is 0.191 e. The lowest BCUT2D eigenvalue weighted by Crippen LogP contribution is -2.45. The second kappa shape index (κ2) is 5.92. The molecule has 0 radical (unpaired) electrons. The van der Waals surface area contributed by atoms with E-state index in [9.17, 15) is 5.11 Å². The van der Waals surface area contributed by atoms with Crippen LogP contribution in [-0.2, 0) is 5.60 Å². The van der Waals surface area contributed by atoms with Crippen molar-refractivity contribution in [2.45, 2.75) is 25.9 Å². The van der Waals surface area contributed by atoms with Gasteiger partial charge in [0.25, 0.3) is 0 Å². The molecule has 4 nitrogen and oxygen atoms in total. The molecule has 5 heteroatoms. The molecule has 19 heavy (non-hydrogen) atoms. The summed E-state index contributed by atoms with van der Waals surface area (Å²) >= 11 is 1.60. The monoisotopic (exact) mass is 281 g/mol. The van der Waals surface area contributed by atoms with Crippen molar-refractivity contribution < 1.29 is 5.11 Å². The first-order valence-corrected chi connectivity index (χ1v) is 7.67. The predicted molar refractivity (Wildman–Crippen MR) is 80.5 cm³/mol. The third kappa shape index (κ3) is 3.94. The Morgan fingerprint density at radius 3 is 2.84 bits per heavy atom. The first-order chi connectivity index (χ1) is 9.03. The van der Waals surface area contributed by atoms with Gasteiger partial charge < -0.3 is 15.7 Å². The molecule has 3 N–H and O–H groups in total. The molecule has 1 aliphatic carbocycles. The first-order valence-electron chi connectivity index (χ1n) is 6.72. The van der Waals surface area contributed by atoms with E-state index >= 15 is 0 Å². The van der Waals surface area contributed by atoms with Crippen molar-refractivity contribution in [1.29, 1.82) is 0 Å². The fourth-order valence-electron chi connectivity index (χ4n) is 2.06. The highest BCUT2D eigenvalue weighted by Gasteiger charge is 2.32. The molecule has 0 bridgehead atoms. The van der Waals surface area contributed by atoms with Gasteiger partial charge in [0.1, 0.15) is 5.60 Å². The number of aliphatic imine (C=N–C) groups is 1. The lowest BCUT2D eigenvalue weighted by molar-refractivity contribution is 0.0621. The number of nitrogens with one attached hydrogen (secondary N) is 2. The van der Waals surface area contributed by atoms with Crippen LogP contribution < -0.4 is 10.6 Å². The summed E-state index contributed by atoms with van der Waals surface area (Å²) in [6, 6.07) is 1.95. The van der Waals surface area contributed by atoms with E-state index < -0.39 is 5.60 Å². The molecule has 3 unspecified atom stereocenters. The maximum absolute atomic E-state index is 10.4. The summed E-state index contributed by atoms with van der Waals surface area (Å²) in [5.74, 6) is 2.37. The minimum Gasteiger partial charge on any atom is -0.384 e. The highest BCUT2D eigenvalue weighted by Crippen LogP contribution is 2.36. The third-order valence-electron chi connectivity index (χ3n) is 3.77. The molecule has 0 aromatic carbocycles. The molecule has 3 atom stereocenters. The van der Waals surface area contributed by atoms with Gasteiger partial charge in [-0.1, -0.05) is 6.92 Å². The largest absolute Gasteiger partial charge is 0.384 e. The lowest BCUT2D eigenvalue weighted by Gasteiger charge is -2.24. The SMILES string of the molecule is CN=C(NCC1CC1C)NCC(C)(O)c1ccsc1. The van der Waals surface area contributed by atoms with E-state index in [-0.39, 0.29) is 0 Å². The molecule has 1 heterocycles. The van der Waals surface area contributed by atoms with Crippen LogP contribution in [0.25, 0.3) is 0 Å². The van der Waals surface area contributed by atoms with Crippen LogP contribution in [0, 0.1) is 11.8 Å². The molecule has 1 saturated carbocycles. The van der Waals surface area contributed by atoms with E-state index in [2.05, 4.69) is 22.5 Å². The summed E-state index contributed by atoms with van der Waals surface area (Å²) in [6.45, 7) is 5.49. The van der Waals surface area contributed by atoms with Gasteiger partial charge >= 0.3 is 0 Å². The summed E-state index contributed by atoms with van der Waals surface area (Å²) in [5.41, 5.74) is 0.0704. The first kappa shape index (κ1) is 14.3. The van der Waals surface area contributed by atoms with Crippen LogP contribution >= 0.6 is 11.3 Å². The number of hydrogen-bond donors (Lipinski definition) is 3. The number of thiophene rings is 1. The van der Waals surface area contributed by atoms with Crippen LogP contribution in [0.3, 0.4) is 0 Å². The molecule has 0 saturated heterocycles. The van der Waals surface area contributed by atoms with Gasteiger partial charge in [0.15, 0.2) is 5.96 Å². The second-order valence-corrected chi connectivity index (χ2v) is 6.35. The molecule has 1 fully saturated rings. The molecule has 2 rings (SSSR count). The second-order valence-electron chi connectivity index (χ2n) is 5.57. The minimum atomic E-state index is -0.871. The van der Waals surface area contributed by atoms with E-state index in [1.54, 1.807) is 18.4 Å². The Morgan fingerprint density at radius 2 is 2.32 bits per heavy atom. The van der Waals surface area contributed by atoms with Gasteiger partial charge in [-0.25, -0.2) is 0 Å². The van der Waals surface area contributed by atoms with Gasteiger partial charge in [0, 0.05) is 13.6 Å². The molecule has 1 aromatic rings. The van der Waals surface area contributed by atoms with E-state index in [1.165, 1.54) is 6.42 Å². The molecular weight excluding hydrogens is 258 g/mol. The average Bonchev–Trinajstić information content (AvgIpc) is 2.86. The Morgan fingerprint density at radius 1 is 1.58 bits per heavy atom. The van der Waals surface area contributed by atoms with E-state index in [0.717, 1.165) is 29.9 Å². The summed E-state index contributed by atoms with van der Waals surface area (Å²) in [4.78, 5) is 4.18. The smallest absolute Gasteiger partial charge is 0.191 e. The van der Waals surface area contributed by atoms with Crippen LogP contribution in [0.1, 0.15) is 25.8 Å². The Labute approximate surface area is 119 Å². The van der Waals surface area contributed by atoms with E-state index in [1.807, 2.05) is 23.8 Å². The van der Waals surface area contributed by atoms with Crippen LogP contribution in [0.2, 0.25) is 0 Å². The Hall–Kier alpha value is -1.07. The van der Waals surface area contributed by atoms with Gasteiger partial charge in [-0.3, -0.25) is 4.99 Å². The van der Waals surface area contributed by atoms with Crippen molar-refractivity contribution in [2.24, 2.45) is 16.8 Å². The Balaban J connectivity index is 1.79. The zero-order valence-corrected chi connectivity index (χ0v) is 12.6. The van der Waals surface area contributed by atoms with Crippen LogP contribution in [0.4, 0.5) is 0 Å². The van der Waals surface area contributed by atoms with Crippen molar-refractivity contribution in [1.82, 2.24) is 10.6 Å². The highest BCUT2D eigenvalue weighted by atomic mass is 32.1. The van der Waals surface area contributed by atoms with Gasteiger partial charge in [-0.05, 0) is 47.6 Å². The predicted octanol–water partition coefficient (Wildman–Crippen LogP) is 1.78. The van der Waals surface area contributed by atoms with Gasteiger partial charge in [0.2, 0.25) is 0 Å². The molecule has 1 aliphatic rings. The fraction of sp³-hybridized carbons (Fsp3) is 0.643. The van der Waals surface area contributed by atoms with Crippen molar-refractivity contribution in [3.8, 4) is 0 Å². The Bertz CT molecular complexity index is 428. The number of guanidine groups is 1.